The maximum absolute atomic E-state index is 5.02. The third-order valence-electron chi connectivity index (χ3n) is 11.4. The maximum atomic E-state index is 5.02. The molecular weight excluding hydrogens is 675 g/mol. The first kappa shape index (κ1) is 31.1. The third kappa shape index (κ3) is 4.63. The number of benzene rings is 6. The van der Waals surface area contributed by atoms with Crippen molar-refractivity contribution >= 4 is 43.0 Å². The van der Waals surface area contributed by atoms with Gasteiger partial charge in [-0.25, -0.2) is 4.98 Å². The SMILES string of the molecule is CN1C=CC(c2ccc3c(c2)C(c2ccccc2)(c2ccccc2)c2cc(-c4cccc(-c5ccc6nc7c8ccccc8sc7n6c5)c4)ccc2-3)=CC1. The van der Waals surface area contributed by atoms with Gasteiger partial charge < -0.3 is 4.90 Å². The van der Waals surface area contributed by atoms with Gasteiger partial charge in [0.2, 0.25) is 0 Å². The number of imidazole rings is 1. The summed E-state index contributed by atoms with van der Waals surface area (Å²) in [5.41, 5.74) is 16.6. The summed E-state index contributed by atoms with van der Waals surface area (Å²) in [4.78, 5) is 8.41. The van der Waals surface area contributed by atoms with Crippen molar-refractivity contribution in [1.82, 2.24) is 14.3 Å². The van der Waals surface area contributed by atoms with Gasteiger partial charge in [0, 0.05) is 29.9 Å². The normalized spacial score (nSPS) is 14.5. The first-order valence-electron chi connectivity index (χ1n) is 18.5. The number of likely N-dealkylation sites (N-methyl/N-ethyl adjacent to an activating group) is 1. The average Bonchev–Trinajstić information content (AvgIpc) is 3.88. The van der Waals surface area contributed by atoms with Crippen LogP contribution in [-0.2, 0) is 5.41 Å². The van der Waals surface area contributed by atoms with Gasteiger partial charge in [-0.2, -0.15) is 0 Å². The van der Waals surface area contributed by atoms with Gasteiger partial charge in [-0.1, -0.05) is 127 Å². The number of aromatic nitrogens is 2. The molecule has 256 valence electrons. The monoisotopic (exact) mass is 709 g/mol. The Balaban J connectivity index is 1.08. The van der Waals surface area contributed by atoms with Crippen LogP contribution < -0.4 is 0 Å². The fourth-order valence-electron chi connectivity index (χ4n) is 8.84. The number of hydrogen-bond donors (Lipinski definition) is 0. The van der Waals surface area contributed by atoms with Crippen molar-refractivity contribution in [3.05, 3.63) is 210 Å². The molecule has 0 bridgehead atoms. The predicted molar refractivity (Wildman–Crippen MR) is 226 cm³/mol. The highest BCUT2D eigenvalue weighted by Crippen LogP contribution is 2.57. The van der Waals surface area contributed by atoms with Crippen molar-refractivity contribution in [3.8, 4) is 33.4 Å². The van der Waals surface area contributed by atoms with Crippen LogP contribution in [0.3, 0.4) is 0 Å². The number of nitrogens with zero attached hydrogens (tertiary/aromatic N) is 3. The van der Waals surface area contributed by atoms with Crippen LogP contribution in [-0.4, -0.2) is 27.9 Å². The van der Waals surface area contributed by atoms with Crippen LogP contribution in [0.25, 0.3) is 65.0 Å². The third-order valence-corrected chi connectivity index (χ3v) is 12.6. The van der Waals surface area contributed by atoms with Crippen molar-refractivity contribution in [2.75, 3.05) is 13.6 Å². The lowest BCUT2D eigenvalue weighted by Crippen LogP contribution is -2.28. The smallest absolute Gasteiger partial charge is 0.138 e. The van der Waals surface area contributed by atoms with E-state index in [9.17, 15) is 0 Å². The van der Waals surface area contributed by atoms with Crippen molar-refractivity contribution in [1.29, 1.82) is 0 Å². The summed E-state index contributed by atoms with van der Waals surface area (Å²) in [6.45, 7) is 0.902. The highest BCUT2D eigenvalue weighted by atomic mass is 32.1. The molecule has 4 heteroatoms. The van der Waals surface area contributed by atoms with E-state index in [1.807, 2.05) is 0 Å². The van der Waals surface area contributed by atoms with Crippen LogP contribution in [0.5, 0.6) is 0 Å². The summed E-state index contributed by atoms with van der Waals surface area (Å²) in [5, 5.41) is 1.22. The zero-order valence-corrected chi connectivity index (χ0v) is 30.6. The lowest BCUT2D eigenvalue weighted by molar-refractivity contribution is 0.506. The molecule has 54 heavy (non-hydrogen) atoms. The fourth-order valence-corrected chi connectivity index (χ4v) is 9.97. The average molecular weight is 710 g/mol. The molecular formula is C50H35N3S. The molecule has 1 aliphatic carbocycles. The zero-order valence-electron chi connectivity index (χ0n) is 29.8. The molecule has 4 heterocycles. The van der Waals surface area contributed by atoms with E-state index in [-0.39, 0.29) is 0 Å². The highest BCUT2D eigenvalue weighted by molar-refractivity contribution is 7.25. The molecule has 2 aliphatic rings. The van der Waals surface area contributed by atoms with Gasteiger partial charge in [0.15, 0.2) is 0 Å². The Kier molecular flexibility index (Phi) is 6.92. The second-order valence-corrected chi connectivity index (χ2v) is 15.5. The van der Waals surface area contributed by atoms with Crippen LogP contribution in [0.2, 0.25) is 0 Å². The summed E-state index contributed by atoms with van der Waals surface area (Å²) in [6, 6.07) is 58.3. The van der Waals surface area contributed by atoms with E-state index >= 15 is 0 Å². The maximum Gasteiger partial charge on any atom is 0.138 e. The van der Waals surface area contributed by atoms with E-state index in [2.05, 4.69) is 199 Å². The summed E-state index contributed by atoms with van der Waals surface area (Å²) in [6.07, 6.45) is 9.00. The number of hydrogen-bond acceptors (Lipinski definition) is 3. The van der Waals surface area contributed by atoms with Gasteiger partial charge in [0.05, 0.1) is 5.41 Å². The zero-order chi connectivity index (χ0) is 35.8. The molecule has 0 N–H and O–H groups in total. The topological polar surface area (TPSA) is 20.5 Å². The molecule has 0 fully saturated rings. The molecule has 0 spiro atoms. The second kappa shape index (κ2) is 12.0. The highest BCUT2D eigenvalue weighted by Gasteiger charge is 2.46. The van der Waals surface area contributed by atoms with Gasteiger partial charge in [-0.05, 0) is 115 Å². The van der Waals surface area contributed by atoms with Crippen LogP contribution in [0.1, 0.15) is 27.8 Å². The number of allylic oxidation sites excluding steroid dienone is 2. The molecule has 0 unspecified atom stereocenters. The van der Waals surface area contributed by atoms with Crippen molar-refractivity contribution in [2.45, 2.75) is 5.41 Å². The minimum Gasteiger partial charge on any atom is -0.377 e. The van der Waals surface area contributed by atoms with Gasteiger partial charge >= 0.3 is 0 Å². The van der Waals surface area contributed by atoms with E-state index in [0.717, 1.165) is 17.7 Å². The van der Waals surface area contributed by atoms with Crippen molar-refractivity contribution in [3.63, 3.8) is 0 Å². The Bertz CT molecular complexity index is 2940. The molecule has 6 aromatic carbocycles. The first-order valence-corrected chi connectivity index (χ1v) is 19.4. The minimum atomic E-state index is -0.491. The van der Waals surface area contributed by atoms with Crippen LogP contribution in [0.4, 0.5) is 0 Å². The summed E-state index contributed by atoms with van der Waals surface area (Å²) in [5.74, 6) is 0. The first-order chi connectivity index (χ1) is 26.6. The quantitative estimate of drug-likeness (QED) is 0.177. The summed E-state index contributed by atoms with van der Waals surface area (Å²) < 4.78 is 3.53. The Hall–Kier alpha value is -6.49. The van der Waals surface area contributed by atoms with Gasteiger partial charge in [-0.3, -0.25) is 4.40 Å². The van der Waals surface area contributed by atoms with Crippen molar-refractivity contribution in [2.24, 2.45) is 0 Å². The van der Waals surface area contributed by atoms with Crippen LogP contribution >= 0.6 is 11.3 Å². The molecule has 0 amide bonds. The molecule has 11 rings (SSSR count). The van der Waals surface area contributed by atoms with E-state index < -0.39 is 5.41 Å². The predicted octanol–water partition coefficient (Wildman–Crippen LogP) is 12.2. The van der Waals surface area contributed by atoms with Crippen LogP contribution in [0, 0.1) is 0 Å². The van der Waals surface area contributed by atoms with Gasteiger partial charge in [0.1, 0.15) is 16.0 Å². The lowest BCUT2D eigenvalue weighted by atomic mass is 9.67. The van der Waals surface area contributed by atoms with E-state index in [1.165, 1.54) is 81.7 Å². The second-order valence-electron chi connectivity index (χ2n) is 14.5. The lowest BCUT2D eigenvalue weighted by Gasteiger charge is -2.34. The van der Waals surface area contributed by atoms with E-state index in [1.54, 1.807) is 11.3 Å². The molecule has 0 saturated carbocycles. The number of rotatable bonds is 5. The largest absolute Gasteiger partial charge is 0.377 e. The molecule has 0 radical (unpaired) electrons. The standard InChI is InChI=1S/C50H35N3S/c1-52-27-25-33(26-28-52)36-19-22-41-42-23-20-37(31-45(42)50(44(41)30-36,39-13-4-2-5-14-39)40-15-6-3-7-16-40)34-11-10-12-35(29-34)38-21-24-47-51-48-43-17-8-9-18-46(43)54-49(48)53(47)32-38/h2-27,29-32H,28H2,1H3. The Morgan fingerprint density at radius 3 is 1.94 bits per heavy atom. The summed E-state index contributed by atoms with van der Waals surface area (Å²) in [7, 11) is 2.12. The Morgan fingerprint density at radius 2 is 1.22 bits per heavy atom. The van der Waals surface area contributed by atoms with Gasteiger partial charge in [-0.15, -0.1) is 11.3 Å². The van der Waals surface area contributed by atoms with Gasteiger partial charge in [0.25, 0.3) is 0 Å². The molecule has 1 aliphatic heterocycles. The Labute approximate surface area is 318 Å². The number of thiophene rings is 1. The molecule has 0 atom stereocenters. The molecule has 3 nitrogen and oxygen atoms in total. The van der Waals surface area contributed by atoms with E-state index in [0.29, 0.717) is 0 Å². The Morgan fingerprint density at radius 1 is 0.593 bits per heavy atom. The number of fused-ring (bicyclic) bond motifs is 8. The van der Waals surface area contributed by atoms with Crippen LogP contribution in [0.15, 0.2) is 182 Å². The molecule has 9 aromatic rings. The fraction of sp³-hybridized carbons (Fsp3) is 0.0600. The molecule has 3 aromatic heterocycles. The molecule has 0 saturated heterocycles. The minimum absolute atomic E-state index is 0.491. The summed E-state index contributed by atoms with van der Waals surface area (Å²) >= 11 is 1.81. The number of pyridine rings is 1. The van der Waals surface area contributed by atoms with Crippen molar-refractivity contribution < 1.29 is 0 Å². The van der Waals surface area contributed by atoms with E-state index in [4.69, 9.17) is 4.98 Å².